The van der Waals surface area contributed by atoms with Crippen LogP contribution in [0.25, 0.3) is 0 Å². The summed E-state index contributed by atoms with van der Waals surface area (Å²) in [7, 11) is 1.20. The Kier molecular flexibility index (Phi) is 5.69. The number of halogens is 1. The lowest BCUT2D eigenvalue weighted by Gasteiger charge is -2.12. The van der Waals surface area contributed by atoms with Crippen molar-refractivity contribution >= 4 is 11.9 Å². The first kappa shape index (κ1) is 15.7. The molecule has 106 valence electrons. The molecule has 1 rings (SSSR count). The Morgan fingerprint density at radius 1 is 1.50 bits per heavy atom. The first-order valence-corrected chi connectivity index (χ1v) is 5.77. The summed E-state index contributed by atoms with van der Waals surface area (Å²) in [6.07, 6.45) is 0. The maximum absolute atomic E-state index is 13.2. The summed E-state index contributed by atoms with van der Waals surface area (Å²) < 4.78 is 17.7. The van der Waals surface area contributed by atoms with Crippen LogP contribution in [0.2, 0.25) is 0 Å². The number of carbonyl (C=O) groups excluding carboxylic acids is 2. The number of ether oxygens (including phenoxy) is 1. The molecular formula is C14H14FNO4. The molecule has 0 aliphatic rings. The zero-order chi connectivity index (χ0) is 15.1. The van der Waals surface area contributed by atoms with Gasteiger partial charge in [-0.15, -0.1) is 0 Å². The summed E-state index contributed by atoms with van der Waals surface area (Å²) in [5.41, 5.74) is 0.247. The number of esters is 1. The SMILES string of the molecule is COC(=O)C(C)NC(=O)c1cc(F)ccc1C#CCO. The minimum atomic E-state index is -0.866. The molecule has 0 bridgehead atoms. The van der Waals surface area contributed by atoms with Gasteiger partial charge in [0.25, 0.3) is 5.91 Å². The normalized spacial score (nSPS) is 11.0. The van der Waals surface area contributed by atoms with Crippen molar-refractivity contribution < 1.29 is 23.8 Å². The van der Waals surface area contributed by atoms with Crippen molar-refractivity contribution in [3.63, 3.8) is 0 Å². The lowest BCUT2D eigenvalue weighted by atomic mass is 10.1. The van der Waals surface area contributed by atoms with Gasteiger partial charge in [-0.1, -0.05) is 11.8 Å². The van der Waals surface area contributed by atoms with E-state index in [4.69, 9.17) is 5.11 Å². The summed E-state index contributed by atoms with van der Waals surface area (Å²) in [5.74, 6) is 3.06. The van der Waals surface area contributed by atoms with E-state index in [1.807, 2.05) is 0 Å². The predicted molar refractivity (Wildman–Crippen MR) is 69.3 cm³/mol. The van der Waals surface area contributed by atoms with Crippen LogP contribution in [0.4, 0.5) is 4.39 Å². The molecule has 6 heteroatoms. The van der Waals surface area contributed by atoms with Crippen molar-refractivity contribution in [2.24, 2.45) is 0 Å². The zero-order valence-corrected chi connectivity index (χ0v) is 11.1. The molecule has 0 spiro atoms. The average Bonchev–Trinajstić information content (AvgIpc) is 2.44. The second kappa shape index (κ2) is 7.26. The van der Waals surface area contributed by atoms with Gasteiger partial charge in [-0.25, -0.2) is 9.18 Å². The molecule has 1 amide bonds. The van der Waals surface area contributed by atoms with Gasteiger partial charge in [-0.05, 0) is 25.1 Å². The smallest absolute Gasteiger partial charge is 0.328 e. The van der Waals surface area contributed by atoms with Crippen LogP contribution in [-0.4, -0.2) is 36.7 Å². The molecule has 0 radical (unpaired) electrons. The lowest BCUT2D eigenvalue weighted by molar-refractivity contribution is -0.142. The van der Waals surface area contributed by atoms with Crippen molar-refractivity contribution in [2.45, 2.75) is 13.0 Å². The second-order valence-corrected chi connectivity index (χ2v) is 3.87. The molecular weight excluding hydrogens is 265 g/mol. The third-order valence-electron chi connectivity index (χ3n) is 2.43. The Morgan fingerprint density at radius 3 is 2.80 bits per heavy atom. The van der Waals surface area contributed by atoms with Gasteiger partial charge in [0, 0.05) is 5.56 Å². The van der Waals surface area contributed by atoms with Crippen LogP contribution in [0.5, 0.6) is 0 Å². The molecule has 0 saturated carbocycles. The number of nitrogens with one attached hydrogen (secondary N) is 1. The first-order valence-electron chi connectivity index (χ1n) is 5.77. The van der Waals surface area contributed by atoms with Crippen LogP contribution in [0, 0.1) is 17.7 Å². The summed E-state index contributed by atoms with van der Waals surface area (Å²) in [4.78, 5) is 23.2. The maximum Gasteiger partial charge on any atom is 0.328 e. The topological polar surface area (TPSA) is 75.6 Å². The molecule has 5 nitrogen and oxygen atoms in total. The van der Waals surface area contributed by atoms with Gasteiger partial charge in [0.1, 0.15) is 18.5 Å². The van der Waals surface area contributed by atoms with Crippen molar-refractivity contribution in [3.05, 3.63) is 35.1 Å². The fourth-order valence-electron chi connectivity index (χ4n) is 1.46. The third-order valence-corrected chi connectivity index (χ3v) is 2.43. The van der Waals surface area contributed by atoms with Gasteiger partial charge in [-0.2, -0.15) is 0 Å². The number of hydrogen-bond donors (Lipinski definition) is 2. The molecule has 20 heavy (non-hydrogen) atoms. The molecule has 1 unspecified atom stereocenters. The Morgan fingerprint density at radius 2 is 2.20 bits per heavy atom. The molecule has 0 aliphatic heterocycles. The highest BCUT2D eigenvalue weighted by Crippen LogP contribution is 2.11. The summed E-state index contributed by atoms with van der Waals surface area (Å²) in [5, 5.41) is 11.0. The third kappa shape index (κ3) is 4.07. The Balaban J connectivity index is 3.02. The summed E-state index contributed by atoms with van der Waals surface area (Å²) in [6.45, 7) is 1.07. The number of methoxy groups -OCH3 is 1. The van der Waals surface area contributed by atoms with E-state index in [1.165, 1.54) is 20.1 Å². The van der Waals surface area contributed by atoms with E-state index in [9.17, 15) is 14.0 Å². The van der Waals surface area contributed by atoms with Crippen molar-refractivity contribution in [3.8, 4) is 11.8 Å². The fourth-order valence-corrected chi connectivity index (χ4v) is 1.46. The van der Waals surface area contributed by atoms with Crippen LogP contribution >= 0.6 is 0 Å². The van der Waals surface area contributed by atoms with Gasteiger partial charge in [0.2, 0.25) is 0 Å². The highest BCUT2D eigenvalue weighted by molar-refractivity contribution is 5.98. The zero-order valence-electron chi connectivity index (χ0n) is 11.1. The molecule has 2 N–H and O–H groups in total. The van der Waals surface area contributed by atoms with Crippen LogP contribution in [-0.2, 0) is 9.53 Å². The largest absolute Gasteiger partial charge is 0.467 e. The lowest BCUT2D eigenvalue weighted by Crippen LogP contribution is -2.39. The minimum Gasteiger partial charge on any atom is -0.467 e. The Hall–Kier alpha value is -2.39. The molecule has 1 aromatic rings. The molecule has 0 heterocycles. The number of benzene rings is 1. The predicted octanol–water partition coefficient (Wildman–Crippen LogP) is 0.461. The quantitative estimate of drug-likeness (QED) is 0.622. The second-order valence-electron chi connectivity index (χ2n) is 3.87. The van der Waals surface area contributed by atoms with Crippen molar-refractivity contribution in [2.75, 3.05) is 13.7 Å². The van der Waals surface area contributed by atoms with E-state index in [0.717, 1.165) is 12.1 Å². The number of rotatable bonds is 3. The maximum atomic E-state index is 13.2. The number of carbonyl (C=O) groups is 2. The highest BCUT2D eigenvalue weighted by Gasteiger charge is 2.19. The Bertz CT molecular complexity index is 574. The first-order chi connectivity index (χ1) is 9.49. The van der Waals surface area contributed by atoms with Gasteiger partial charge in [0.15, 0.2) is 0 Å². The number of amides is 1. The van der Waals surface area contributed by atoms with Gasteiger partial charge in [-0.3, -0.25) is 4.79 Å². The fraction of sp³-hybridized carbons (Fsp3) is 0.286. The van der Waals surface area contributed by atoms with Gasteiger partial charge < -0.3 is 15.2 Å². The number of aliphatic hydroxyl groups is 1. The number of aliphatic hydroxyl groups excluding tert-OH is 1. The van der Waals surface area contributed by atoms with Crippen molar-refractivity contribution in [1.29, 1.82) is 0 Å². The van der Waals surface area contributed by atoms with E-state index in [0.29, 0.717) is 0 Å². The van der Waals surface area contributed by atoms with Crippen molar-refractivity contribution in [1.82, 2.24) is 5.32 Å². The van der Waals surface area contributed by atoms with E-state index in [1.54, 1.807) is 0 Å². The molecule has 0 saturated heterocycles. The average molecular weight is 279 g/mol. The standard InChI is InChI=1S/C14H14FNO4/c1-9(14(19)20-2)16-13(18)12-8-11(15)6-5-10(12)4-3-7-17/h5-6,8-9,17H,7H2,1-2H3,(H,16,18). The minimum absolute atomic E-state index is 0.0123. The van der Waals surface area contributed by atoms with Gasteiger partial charge in [0.05, 0.1) is 12.7 Å². The van der Waals surface area contributed by atoms with Crippen LogP contribution < -0.4 is 5.32 Å². The van der Waals surface area contributed by atoms with E-state index < -0.39 is 23.7 Å². The number of hydrogen-bond acceptors (Lipinski definition) is 4. The van der Waals surface area contributed by atoms with E-state index in [2.05, 4.69) is 21.9 Å². The highest BCUT2D eigenvalue weighted by atomic mass is 19.1. The molecule has 0 aliphatic carbocycles. The molecule has 1 atom stereocenters. The van der Waals surface area contributed by atoms with Crippen LogP contribution in [0.3, 0.4) is 0 Å². The summed E-state index contributed by atoms with van der Waals surface area (Å²) in [6, 6.07) is 2.63. The van der Waals surface area contributed by atoms with E-state index in [-0.39, 0.29) is 17.7 Å². The van der Waals surface area contributed by atoms with Crippen LogP contribution in [0.15, 0.2) is 18.2 Å². The van der Waals surface area contributed by atoms with Gasteiger partial charge >= 0.3 is 5.97 Å². The van der Waals surface area contributed by atoms with E-state index >= 15 is 0 Å². The molecule has 1 aromatic carbocycles. The van der Waals surface area contributed by atoms with Crippen LogP contribution in [0.1, 0.15) is 22.8 Å². The Labute approximate surface area is 115 Å². The monoisotopic (exact) mass is 279 g/mol. The molecule has 0 fully saturated rings. The summed E-state index contributed by atoms with van der Waals surface area (Å²) >= 11 is 0. The molecule has 0 aromatic heterocycles.